The average Bonchev–Trinajstić information content (AvgIpc) is 3.45. The van der Waals surface area contributed by atoms with Crippen molar-refractivity contribution in [3.8, 4) is 11.5 Å². The summed E-state index contributed by atoms with van der Waals surface area (Å²) in [4.78, 5) is 21.2. The number of hydrogen-bond acceptors (Lipinski definition) is 7. The third-order valence-corrected chi connectivity index (χ3v) is 7.14. The number of benzene rings is 1. The number of pyridine rings is 1. The van der Waals surface area contributed by atoms with E-state index < -0.39 is 9.84 Å². The molecule has 3 aromatic rings. The van der Waals surface area contributed by atoms with Gasteiger partial charge in [0.05, 0.1) is 17.3 Å². The van der Waals surface area contributed by atoms with Gasteiger partial charge in [0.2, 0.25) is 0 Å². The number of anilines is 2. The van der Waals surface area contributed by atoms with Gasteiger partial charge in [0, 0.05) is 31.9 Å². The standard InChI is InChI=1S/C22H26N6O4S/c1-16(2)28-15-23-25-21(28)19-5-4-6-20(24-19)27-12-11-26(22(27)29)17-7-9-18(10-8-17)33(30,31)14-13-32-3/h4-10,15-16H,11-14H2,1-3H3. The number of aromatic nitrogens is 4. The van der Waals surface area contributed by atoms with Crippen LogP contribution in [0.15, 0.2) is 53.7 Å². The predicted molar refractivity (Wildman–Crippen MR) is 124 cm³/mol. The van der Waals surface area contributed by atoms with Gasteiger partial charge in [0.1, 0.15) is 17.8 Å². The molecule has 2 amide bonds. The van der Waals surface area contributed by atoms with E-state index in [1.54, 1.807) is 34.3 Å². The van der Waals surface area contributed by atoms with Crippen molar-refractivity contribution in [2.75, 3.05) is 42.4 Å². The fourth-order valence-electron chi connectivity index (χ4n) is 3.64. The summed E-state index contributed by atoms with van der Waals surface area (Å²) in [6, 6.07) is 11.8. The number of methoxy groups -OCH3 is 1. The molecule has 0 unspecified atom stereocenters. The maximum atomic E-state index is 13.1. The lowest BCUT2D eigenvalue weighted by Crippen LogP contribution is -2.32. The predicted octanol–water partition coefficient (Wildman–Crippen LogP) is 2.79. The zero-order chi connectivity index (χ0) is 23.6. The molecule has 0 N–H and O–H groups in total. The smallest absolute Gasteiger partial charge is 0.330 e. The summed E-state index contributed by atoms with van der Waals surface area (Å²) in [5.41, 5.74) is 1.26. The summed E-state index contributed by atoms with van der Waals surface area (Å²) in [5, 5.41) is 8.17. The highest BCUT2D eigenvalue weighted by atomic mass is 32.2. The zero-order valence-electron chi connectivity index (χ0n) is 18.7. The first-order valence-corrected chi connectivity index (χ1v) is 12.2. The maximum absolute atomic E-state index is 13.1. The highest BCUT2D eigenvalue weighted by Crippen LogP contribution is 2.27. The molecule has 2 aromatic heterocycles. The molecule has 0 atom stereocenters. The van der Waals surface area contributed by atoms with E-state index in [0.29, 0.717) is 36.1 Å². The number of carbonyl (C=O) groups excluding carboxylic acids is 1. The van der Waals surface area contributed by atoms with Crippen molar-refractivity contribution >= 4 is 27.4 Å². The van der Waals surface area contributed by atoms with Crippen LogP contribution in [0.4, 0.5) is 16.3 Å². The van der Waals surface area contributed by atoms with Gasteiger partial charge in [0.15, 0.2) is 15.7 Å². The SMILES string of the molecule is COCCS(=O)(=O)c1ccc(N2CCN(c3cccc(-c4nncn4C(C)C)n3)C2=O)cc1. The Bertz CT molecular complexity index is 1240. The molecule has 1 aliphatic heterocycles. The molecule has 1 fully saturated rings. The summed E-state index contributed by atoms with van der Waals surface area (Å²) >= 11 is 0. The second kappa shape index (κ2) is 9.28. The first-order valence-electron chi connectivity index (χ1n) is 10.6. The molecule has 0 spiro atoms. The molecule has 0 saturated carbocycles. The lowest BCUT2D eigenvalue weighted by molar-refractivity contribution is 0.217. The maximum Gasteiger partial charge on any atom is 0.330 e. The van der Waals surface area contributed by atoms with Gasteiger partial charge in [-0.1, -0.05) is 6.07 Å². The molecule has 1 aliphatic rings. The van der Waals surface area contributed by atoms with Crippen molar-refractivity contribution in [3.05, 3.63) is 48.8 Å². The van der Waals surface area contributed by atoms with E-state index in [2.05, 4.69) is 15.2 Å². The quantitative estimate of drug-likeness (QED) is 0.498. The molecule has 174 valence electrons. The van der Waals surface area contributed by atoms with Crippen LogP contribution in [0, 0.1) is 0 Å². The summed E-state index contributed by atoms with van der Waals surface area (Å²) < 4.78 is 31.5. The molecule has 3 heterocycles. The molecule has 33 heavy (non-hydrogen) atoms. The lowest BCUT2D eigenvalue weighted by Gasteiger charge is -2.19. The molecular weight excluding hydrogens is 444 g/mol. The van der Waals surface area contributed by atoms with Crippen LogP contribution >= 0.6 is 0 Å². The van der Waals surface area contributed by atoms with Crippen LogP contribution in [0.1, 0.15) is 19.9 Å². The summed E-state index contributed by atoms with van der Waals surface area (Å²) in [6.45, 7) is 5.12. The Hall–Kier alpha value is -3.31. The summed E-state index contributed by atoms with van der Waals surface area (Å²) in [5.74, 6) is 1.07. The van der Waals surface area contributed by atoms with Gasteiger partial charge >= 0.3 is 6.03 Å². The Labute approximate surface area is 192 Å². The average molecular weight is 471 g/mol. The number of hydrogen-bond donors (Lipinski definition) is 0. The number of sulfone groups is 1. The second-order valence-electron chi connectivity index (χ2n) is 7.93. The van der Waals surface area contributed by atoms with Crippen LogP contribution in [0.2, 0.25) is 0 Å². The topological polar surface area (TPSA) is 111 Å². The van der Waals surface area contributed by atoms with Crippen molar-refractivity contribution in [1.82, 2.24) is 19.7 Å². The van der Waals surface area contributed by atoms with Crippen LogP contribution in [0.25, 0.3) is 11.5 Å². The van der Waals surface area contributed by atoms with Crippen LogP contribution in [0.5, 0.6) is 0 Å². The molecule has 1 aromatic carbocycles. The number of ether oxygens (including phenoxy) is 1. The van der Waals surface area contributed by atoms with Gasteiger partial charge in [-0.15, -0.1) is 10.2 Å². The first-order chi connectivity index (χ1) is 15.8. The molecule has 4 rings (SSSR count). The molecule has 0 radical (unpaired) electrons. The minimum absolute atomic E-state index is 0.0914. The number of carbonyl (C=O) groups is 1. The van der Waals surface area contributed by atoms with E-state index in [9.17, 15) is 13.2 Å². The van der Waals surface area contributed by atoms with Crippen LogP contribution in [-0.4, -0.2) is 66.8 Å². The first kappa shape index (κ1) is 22.9. The Kier molecular flexibility index (Phi) is 6.43. The fraction of sp³-hybridized carbons (Fsp3) is 0.364. The van der Waals surface area contributed by atoms with Crippen molar-refractivity contribution in [3.63, 3.8) is 0 Å². The van der Waals surface area contributed by atoms with Crippen molar-refractivity contribution in [2.24, 2.45) is 0 Å². The Morgan fingerprint density at radius 1 is 1.06 bits per heavy atom. The number of nitrogens with zero attached hydrogens (tertiary/aromatic N) is 6. The molecule has 1 saturated heterocycles. The number of rotatable bonds is 8. The van der Waals surface area contributed by atoms with E-state index >= 15 is 0 Å². The summed E-state index contributed by atoms with van der Waals surface area (Å²) in [7, 11) is -1.97. The lowest BCUT2D eigenvalue weighted by atomic mass is 10.3. The van der Waals surface area contributed by atoms with E-state index in [1.165, 1.54) is 19.2 Å². The van der Waals surface area contributed by atoms with Gasteiger partial charge in [-0.2, -0.15) is 0 Å². The zero-order valence-corrected chi connectivity index (χ0v) is 19.6. The van der Waals surface area contributed by atoms with Crippen molar-refractivity contribution < 1.29 is 17.9 Å². The van der Waals surface area contributed by atoms with E-state index in [4.69, 9.17) is 4.74 Å². The van der Waals surface area contributed by atoms with Gasteiger partial charge in [0.25, 0.3) is 0 Å². The van der Waals surface area contributed by atoms with Gasteiger partial charge in [-0.05, 0) is 50.2 Å². The molecule has 0 bridgehead atoms. The second-order valence-corrected chi connectivity index (χ2v) is 10.0. The van der Waals surface area contributed by atoms with E-state index in [-0.39, 0.29) is 29.3 Å². The Morgan fingerprint density at radius 3 is 2.48 bits per heavy atom. The normalized spacial score (nSPS) is 14.5. The number of amides is 2. The largest absolute Gasteiger partial charge is 0.384 e. The van der Waals surface area contributed by atoms with Gasteiger partial charge < -0.3 is 9.30 Å². The van der Waals surface area contributed by atoms with E-state index in [1.807, 2.05) is 30.5 Å². The van der Waals surface area contributed by atoms with Gasteiger partial charge in [-0.3, -0.25) is 9.80 Å². The Balaban J connectivity index is 1.54. The van der Waals surface area contributed by atoms with Crippen molar-refractivity contribution in [2.45, 2.75) is 24.8 Å². The third-order valence-electron chi connectivity index (χ3n) is 5.44. The molecule has 10 nitrogen and oxygen atoms in total. The van der Waals surface area contributed by atoms with Crippen LogP contribution in [-0.2, 0) is 14.6 Å². The van der Waals surface area contributed by atoms with Crippen molar-refractivity contribution in [1.29, 1.82) is 0 Å². The molecule has 0 aliphatic carbocycles. The third kappa shape index (κ3) is 4.60. The highest BCUT2D eigenvalue weighted by Gasteiger charge is 2.32. The molecular formula is C22H26N6O4S. The Morgan fingerprint density at radius 2 is 1.79 bits per heavy atom. The van der Waals surface area contributed by atoms with E-state index in [0.717, 1.165) is 0 Å². The molecule has 11 heteroatoms. The minimum atomic E-state index is -3.43. The highest BCUT2D eigenvalue weighted by molar-refractivity contribution is 7.91. The summed E-state index contributed by atoms with van der Waals surface area (Å²) in [6.07, 6.45) is 1.66. The van der Waals surface area contributed by atoms with Gasteiger partial charge in [-0.25, -0.2) is 18.2 Å². The fourth-order valence-corrected chi connectivity index (χ4v) is 4.81. The van der Waals surface area contributed by atoms with Crippen LogP contribution in [0.3, 0.4) is 0 Å². The monoisotopic (exact) mass is 470 g/mol. The van der Waals surface area contributed by atoms with Crippen LogP contribution < -0.4 is 9.80 Å². The minimum Gasteiger partial charge on any atom is -0.384 e. The number of urea groups is 1.